The molecule has 10 heteroatoms. The summed E-state index contributed by atoms with van der Waals surface area (Å²) in [6, 6.07) is 3.33. The average Bonchev–Trinajstić information content (AvgIpc) is 3.39. The second-order valence-electron chi connectivity index (χ2n) is 8.55. The highest BCUT2D eigenvalue weighted by molar-refractivity contribution is 9.10. The van der Waals surface area contributed by atoms with E-state index in [0.29, 0.717) is 17.4 Å². The summed E-state index contributed by atoms with van der Waals surface area (Å²) in [6.45, 7) is 8.10. The second kappa shape index (κ2) is 7.84. The van der Waals surface area contributed by atoms with Gasteiger partial charge in [-0.3, -0.25) is 0 Å². The zero-order valence-corrected chi connectivity index (χ0v) is 19.8. The lowest BCUT2D eigenvalue weighted by Gasteiger charge is -2.36. The van der Waals surface area contributed by atoms with E-state index in [1.807, 2.05) is 6.07 Å². The number of nitriles is 1. The SMILES string of the molecule is CC(C)(C)[S@@+]([O-])N[C@@](C)(CS(=O)(=O)C(C)(C#N)C1CC1)c1cc(Br)ncc1F. The van der Waals surface area contributed by atoms with Crippen LogP contribution in [0.15, 0.2) is 16.9 Å². The van der Waals surface area contributed by atoms with Gasteiger partial charge in [-0.1, -0.05) is 0 Å². The number of nitrogens with one attached hydrogen (secondary N) is 1. The van der Waals surface area contributed by atoms with E-state index in [9.17, 15) is 22.6 Å². The van der Waals surface area contributed by atoms with E-state index in [-0.39, 0.29) is 11.5 Å². The van der Waals surface area contributed by atoms with Crippen LogP contribution in [0.5, 0.6) is 0 Å². The molecule has 156 valence electrons. The monoisotopic (exact) mass is 493 g/mol. The summed E-state index contributed by atoms with van der Waals surface area (Å²) in [5, 5.41) is 9.61. The Morgan fingerprint density at radius 2 is 1.96 bits per heavy atom. The van der Waals surface area contributed by atoms with Gasteiger partial charge in [0.1, 0.15) is 20.7 Å². The highest BCUT2D eigenvalue weighted by Gasteiger charge is 2.55. The molecule has 2 rings (SSSR count). The normalized spacial score (nSPS) is 20.7. The highest BCUT2D eigenvalue weighted by atomic mass is 79.9. The lowest BCUT2D eigenvalue weighted by molar-refractivity contribution is 0.427. The van der Waals surface area contributed by atoms with Gasteiger partial charge in [0.2, 0.25) is 0 Å². The Balaban J connectivity index is 2.56. The van der Waals surface area contributed by atoms with E-state index in [0.717, 1.165) is 6.20 Å². The fourth-order valence-electron chi connectivity index (χ4n) is 2.93. The number of aromatic nitrogens is 1. The molecule has 0 amide bonds. The molecule has 0 bridgehead atoms. The van der Waals surface area contributed by atoms with Gasteiger partial charge in [0.15, 0.2) is 14.6 Å². The topological polar surface area (TPSA) is 106 Å². The second-order valence-corrected chi connectivity index (χ2v) is 13.7. The molecule has 0 saturated heterocycles. The van der Waals surface area contributed by atoms with E-state index in [1.165, 1.54) is 19.9 Å². The van der Waals surface area contributed by atoms with Crippen molar-refractivity contribution in [3.63, 3.8) is 0 Å². The first-order valence-electron chi connectivity index (χ1n) is 8.81. The van der Waals surface area contributed by atoms with Crippen molar-refractivity contribution >= 4 is 37.1 Å². The molecule has 1 aliphatic rings. The van der Waals surface area contributed by atoms with E-state index >= 15 is 0 Å². The lowest BCUT2D eigenvalue weighted by atomic mass is 9.96. The summed E-state index contributed by atoms with van der Waals surface area (Å²) in [6.07, 6.45) is 2.31. The maximum atomic E-state index is 14.7. The number of pyridine rings is 1. The summed E-state index contributed by atoms with van der Waals surface area (Å²) < 4.78 is 54.9. The Labute approximate surface area is 177 Å². The highest BCUT2D eigenvalue weighted by Crippen LogP contribution is 2.45. The van der Waals surface area contributed by atoms with Crippen LogP contribution in [-0.4, -0.2) is 33.2 Å². The Hall–Kier alpha value is -0.730. The molecule has 0 radical (unpaired) electrons. The zero-order chi connectivity index (χ0) is 21.5. The number of nitrogens with zero attached hydrogens (tertiary/aromatic N) is 2. The first-order chi connectivity index (χ1) is 12.7. The van der Waals surface area contributed by atoms with Gasteiger partial charge in [0, 0.05) is 16.9 Å². The standard InChI is InChI=1S/C18H25BrFN3O3S2/c1-16(2,3)27(24)23-17(4,13-8-15(19)22-9-14(13)20)11-28(25,26)18(5,10-21)12-6-7-12/h8-9,12,23H,6-7,11H2,1-5H3/t17-,18?,27+/m0/s1. The number of hydrogen-bond acceptors (Lipinski definition) is 6. The molecule has 1 aromatic rings. The first kappa shape index (κ1) is 23.5. The van der Waals surface area contributed by atoms with Crippen LogP contribution in [0.25, 0.3) is 0 Å². The number of halogens is 2. The quantitative estimate of drug-likeness (QED) is 0.460. The lowest BCUT2D eigenvalue weighted by Crippen LogP contribution is -2.55. The minimum Gasteiger partial charge on any atom is -0.598 e. The maximum absolute atomic E-state index is 14.7. The third-order valence-corrected chi connectivity index (χ3v) is 9.85. The van der Waals surface area contributed by atoms with Crippen molar-refractivity contribution in [2.24, 2.45) is 5.92 Å². The van der Waals surface area contributed by atoms with Crippen molar-refractivity contribution in [1.29, 1.82) is 5.26 Å². The number of hydrogen-bond donors (Lipinski definition) is 1. The van der Waals surface area contributed by atoms with Crippen LogP contribution in [-0.2, 0) is 26.7 Å². The van der Waals surface area contributed by atoms with Crippen molar-refractivity contribution in [2.75, 3.05) is 5.75 Å². The summed E-state index contributed by atoms with van der Waals surface area (Å²) in [5.74, 6) is -1.53. The van der Waals surface area contributed by atoms with E-state index in [4.69, 9.17) is 0 Å². The third kappa shape index (κ3) is 4.70. The van der Waals surface area contributed by atoms with E-state index in [2.05, 4.69) is 25.6 Å². The van der Waals surface area contributed by atoms with Gasteiger partial charge in [-0.25, -0.2) is 17.8 Å². The third-order valence-electron chi connectivity index (χ3n) is 4.99. The summed E-state index contributed by atoms with van der Waals surface area (Å²) >= 11 is 1.50. The minimum atomic E-state index is -4.00. The van der Waals surface area contributed by atoms with Crippen molar-refractivity contribution < 1.29 is 17.4 Å². The molecule has 1 unspecified atom stereocenters. The zero-order valence-electron chi connectivity index (χ0n) is 16.5. The van der Waals surface area contributed by atoms with Crippen molar-refractivity contribution in [3.8, 4) is 6.07 Å². The van der Waals surface area contributed by atoms with Crippen LogP contribution in [0.2, 0.25) is 0 Å². The number of rotatable bonds is 7. The van der Waals surface area contributed by atoms with Crippen molar-refractivity contribution in [2.45, 2.75) is 62.5 Å². The van der Waals surface area contributed by atoms with Gasteiger partial charge in [-0.15, -0.1) is 4.72 Å². The largest absolute Gasteiger partial charge is 0.598 e. The van der Waals surface area contributed by atoms with Gasteiger partial charge in [0.25, 0.3) is 0 Å². The molecule has 1 fully saturated rings. The van der Waals surface area contributed by atoms with E-state index < -0.39 is 47.8 Å². The summed E-state index contributed by atoms with van der Waals surface area (Å²) in [4.78, 5) is 3.82. The maximum Gasteiger partial charge on any atom is 0.171 e. The molecule has 0 aliphatic heterocycles. The van der Waals surface area contributed by atoms with Gasteiger partial charge >= 0.3 is 0 Å². The van der Waals surface area contributed by atoms with Crippen molar-refractivity contribution in [3.05, 3.63) is 28.2 Å². The molecule has 0 aromatic carbocycles. The van der Waals surface area contributed by atoms with Gasteiger partial charge in [0.05, 0.1) is 18.0 Å². The van der Waals surface area contributed by atoms with Crippen LogP contribution >= 0.6 is 15.9 Å². The number of sulfone groups is 1. The molecule has 1 aliphatic carbocycles. The fourth-order valence-corrected chi connectivity index (χ4v) is 6.43. The summed E-state index contributed by atoms with van der Waals surface area (Å²) in [7, 11) is -4.00. The Morgan fingerprint density at radius 3 is 2.43 bits per heavy atom. The van der Waals surface area contributed by atoms with Crippen LogP contribution < -0.4 is 4.72 Å². The molecule has 28 heavy (non-hydrogen) atoms. The molecular weight excluding hydrogens is 469 g/mol. The Kier molecular flexibility index (Phi) is 6.59. The fraction of sp³-hybridized carbons (Fsp3) is 0.667. The minimum absolute atomic E-state index is 0.0200. The van der Waals surface area contributed by atoms with Crippen LogP contribution in [0, 0.1) is 23.1 Å². The van der Waals surface area contributed by atoms with Crippen LogP contribution in [0.1, 0.15) is 53.0 Å². The Bertz CT molecular complexity index is 896. The molecule has 1 N–H and O–H groups in total. The van der Waals surface area contributed by atoms with Crippen LogP contribution in [0.4, 0.5) is 4.39 Å². The predicted octanol–water partition coefficient (Wildman–Crippen LogP) is 3.36. The predicted molar refractivity (Wildman–Crippen MR) is 111 cm³/mol. The first-order valence-corrected chi connectivity index (χ1v) is 12.4. The molecule has 0 spiro atoms. The molecule has 1 saturated carbocycles. The summed E-state index contributed by atoms with van der Waals surface area (Å²) in [5.41, 5.74) is -1.51. The smallest absolute Gasteiger partial charge is 0.171 e. The van der Waals surface area contributed by atoms with Gasteiger partial charge in [-0.05, 0) is 75.4 Å². The molecular formula is C18H25BrFN3O3S2. The average molecular weight is 494 g/mol. The van der Waals surface area contributed by atoms with Crippen molar-refractivity contribution in [1.82, 2.24) is 9.71 Å². The molecule has 3 atom stereocenters. The van der Waals surface area contributed by atoms with E-state index in [1.54, 1.807) is 20.8 Å². The molecule has 6 nitrogen and oxygen atoms in total. The van der Waals surface area contributed by atoms with Gasteiger partial charge in [-0.2, -0.15) is 5.26 Å². The molecule has 1 aromatic heterocycles. The van der Waals surface area contributed by atoms with Gasteiger partial charge < -0.3 is 4.55 Å². The van der Waals surface area contributed by atoms with Crippen LogP contribution in [0.3, 0.4) is 0 Å². The molecule has 1 heterocycles. The Morgan fingerprint density at radius 1 is 1.39 bits per heavy atom.